The Morgan fingerprint density at radius 1 is 1.02 bits per heavy atom. The van der Waals surface area contributed by atoms with E-state index >= 15 is 0 Å². The van der Waals surface area contributed by atoms with E-state index in [4.69, 9.17) is 10.8 Å². The van der Waals surface area contributed by atoms with Crippen LogP contribution in [0.5, 0.6) is 0 Å². The zero-order valence-electron chi connectivity index (χ0n) is 24.1. The summed E-state index contributed by atoms with van der Waals surface area (Å²) in [6.45, 7) is 8.16. The van der Waals surface area contributed by atoms with Gasteiger partial charge in [0, 0.05) is 19.5 Å². The van der Waals surface area contributed by atoms with Crippen molar-refractivity contribution in [2.75, 3.05) is 32.7 Å². The average Bonchev–Trinajstić information content (AvgIpc) is 3.48. The fourth-order valence-corrected chi connectivity index (χ4v) is 5.27. The number of urea groups is 1. The quantitative estimate of drug-likeness (QED) is 0.183. The van der Waals surface area contributed by atoms with Crippen LogP contribution in [0.25, 0.3) is 0 Å². The van der Waals surface area contributed by atoms with Gasteiger partial charge in [0.2, 0.25) is 11.7 Å². The number of imide groups is 1. The lowest BCUT2D eigenvalue weighted by Gasteiger charge is -2.35. The van der Waals surface area contributed by atoms with Crippen molar-refractivity contribution in [3.63, 3.8) is 0 Å². The van der Waals surface area contributed by atoms with Crippen molar-refractivity contribution in [1.29, 1.82) is 0 Å². The molecule has 0 aliphatic carbocycles. The van der Waals surface area contributed by atoms with E-state index in [1.54, 1.807) is 32.6 Å². The smallest absolute Gasteiger partial charge is 0.323 e. The second kappa shape index (κ2) is 13.9. The summed E-state index contributed by atoms with van der Waals surface area (Å²) in [6.07, 6.45) is 2.43. The van der Waals surface area contributed by atoms with Gasteiger partial charge in [-0.05, 0) is 37.6 Å². The number of ketones is 3. The third-order valence-corrected chi connectivity index (χ3v) is 7.71. The molecule has 0 aromatic rings. The highest BCUT2D eigenvalue weighted by molar-refractivity contribution is 6.39. The van der Waals surface area contributed by atoms with E-state index in [1.807, 2.05) is 6.92 Å². The van der Waals surface area contributed by atoms with Crippen LogP contribution in [-0.2, 0) is 28.8 Å². The lowest BCUT2D eigenvalue weighted by atomic mass is 9.82. The van der Waals surface area contributed by atoms with E-state index in [1.165, 1.54) is 0 Å². The third kappa shape index (κ3) is 7.30. The van der Waals surface area contributed by atoms with Crippen LogP contribution in [0.3, 0.4) is 0 Å². The van der Waals surface area contributed by atoms with E-state index in [-0.39, 0.29) is 25.4 Å². The molecular formula is C27H43N5O8. The number of carbonyl (C=O) groups is 7. The Kier molecular flexibility index (Phi) is 11.5. The highest BCUT2D eigenvalue weighted by atomic mass is 16.4. The molecule has 0 aromatic carbocycles. The Labute approximate surface area is 234 Å². The van der Waals surface area contributed by atoms with Gasteiger partial charge in [0.25, 0.3) is 5.91 Å². The summed E-state index contributed by atoms with van der Waals surface area (Å²) in [5.74, 6) is -5.76. The minimum Gasteiger partial charge on any atom is -0.480 e. The van der Waals surface area contributed by atoms with Crippen LogP contribution >= 0.6 is 0 Å². The number of amides is 4. The number of carboxylic acids is 1. The van der Waals surface area contributed by atoms with Gasteiger partial charge >= 0.3 is 12.0 Å². The summed E-state index contributed by atoms with van der Waals surface area (Å²) in [5, 5.41) is 11.2. The normalized spacial score (nSPS) is 20.1. The van der Waals surface area contributed by atoms with Crippen LogP contribution in [0.2, 0.25) is 0 Å². The molecule has 2 aliphatic rings. The molecule has 2 aliphatic heterocycles. The number of aliphatic carboxylic acids is 1. The molecule has 2 heterocycles. The number of unbranched alkanes of at least 4 members (excludes halogenated alkanes) is 1. The van der Waals surface area contributed by atoms with Crippen molar-refractivity contribution < 1.29 is 38.7 Å². The average molecular weight is 566 g/mol. The number of Topliss-reactive ketones (excluding diaryl/α,β-unsaturated/α-hetero) is 3. The molecule has 0 spiro atoms. The molecule has 0 saturated carbocycles. The lowest BCUT2D eigenvalue weighted by molar-refractivity contribution is -0.144. The van der Waals surface area contributed by atoms with Crippen molar-refractivity contribution in [2.45, 2.75) is 84.3 Å². The van der Waals surface area contributed by atoms with E-state index in [0.29, 0.717) is 25.8 Å². The molecule has 13 nitrogen and oxygen atoms in total. The van der Waals surface area contributed by atoms with Crippen molar-refractivity contribution >= 4 is 41.2 Å². The molecule has 0 unspecified atom stereocenters. The van der Waals surface area contributed by atoms with Gasteiger partial charge in [0.05, 0.1) is 18.6 Å². The summed E-state index contributed by atoms with van der Waals surface area (Å²) in [6, 6.07) is -2.34. The van der Waals surface area contributed by atoms with Gasteiger partial charge in [-0.25, -0.2) is 4.79 Å². The topological polar surface area (TPSA) is 187 Å². The third-order valence-electron chi connectivity index (χ3n) is 7.71. The Hall–Kier alpha value is -3.19. The summed E-state index contributed by atoms with van der Waals surface area (Å²) in [4.78, 5) is 92.9. The van der Waals surface area contributed by atoms with Crippen molar-refractivity contribution in [2.24, 2.45) is 17.6 Å². The minimum absolute atomic E-state index is 0.0885. The number of hydrogen-bond donors (Lipinski definition) is 3. The monoisotopic (exact) mass is 565 g/mol. The van der Waals surface area contributed by atoms with Gasteiger partial charge in [0.1, 0.15) is 6.54 Å². The Bertz CT molecular complexity index is 1030. The predicted octanol–water partition coefficient (Wildman–Crippen LogP) is 0.191. The second-order valence-electron chi connectivity index (χ2n) is 11.3. The Morgan fingerprint density at radius 3 is 2.15 bits per heavy atom. The molecule has 0 bridgehead atoms. The summed E-state index contributed by atoms with van der Waals surface area (Å²) in [5.41, 5.74) is 4.17. The van der Waals surface area contributed by atoms with Crippen LogP contribution < -0.4 is 11.1 Å². The summed E-state index contributed by atoms with van der Waals surface area (Å²) < 4.78 is 0. The highest BCUT2D eigenvalue weighted by Gasteiger charge is 2.48. The SMILES string of the molecule is CCCCC(=O)C(=O)[C@H](C(C)C)N1CCC[C@H]1C(=O)NC(=O)[C@](N)(C(=O)CN1CCN(CC(=O)O)C1=O)C(C)C. The fraction of sp³-hybridized carbons (Fsp3) is 0.741. The van der Waals surface area contributed by atoms with Crippen LogP contribution in [-0.4, -0.2) is 111 Å². The first-order valence-corrected chi connectivity index (χ1v) is 13.9. The number of nitrogens with two attached hydrogens (primary N) is 1. The first-order chi connectivity index (χ1) is 18.7. The molecule has 2 fully saturated rings. The van der Waals surface area contributed by atoms with E-state index in [2.05, 4.69) is 5.32 Å². The molecule has 2 rings (SSSR count). The number of nitrogens with one attached hydrogen (secondary N) is 1. The fourth-order valence-electron chi connectivity index (χ4n) is 5.27. The van der Waals surface area contributed by atoms with Crippen molar-refractivity contribution in [3.05, 3.63) is 0 Å². The van der Waals surface area contributed by atoms with Gasteiger partial charge in [-0.2, -0.15) is 0 Å². The minimum atomic E-state index is -2.15. The molecule has 2 saturated heterocycles. The molecule has 3 atom stereocenters. The molecular weight excluding hydrogens is 522 g/mol. The zero-order chi connectivity index (χ0) is 30.4. The van der Waals surface area contributed by atoms with Crippen LogP contribution in [0.15, 0.2) is 0 Å². The molecule has 4 amide bonds. The van der Waals surface area contributed by atoms with Gasteiger partial charge in [-0.3, -0.25) is 39.0 Å². The Balaban J connectivity index is 2.17. The predicted molar refractivity (Wildman–Crippen MR) is 144 cm³/mol. The maximum atomic E-state index is 13.3. The number of rotatable bonds is 15. The summed E-state index contributed by atoms with van der Waals surface area (Å²) >= 11 is 0. The number of nitrogens with zero attached hydrogens (tertiary/aromatic N) is 3. The van der Waals surface area contributed by atoms with E-state index in [9.17, 15) is 33.6 Å². The molecule has 40 heavy (non-hydrogen) atoms. The largest absolute Gasteiger partial charge is 0.480 e. The first kappa shape index (κ1) is 33.0. The van der Waals surface area contributed by atoms with Crippen LogP contribution in [0, 0.1) is 11.8 Å². The van der Waals surface area contributed by atoms with Gasteiger partial charge < -0.3 is 20.6 Å². The maximum absolute atomic E-state index is 13.3. The van der Waals surface area contributed by atoms with Gasteiger partial charge in [-0.1, -0.05) is 41.0 Å². The van der Waals surface area contributed by atoms with Crippen LogP contribution in [0.1, 0.15) is 66.7 Å². The van der Waals surface area contributed by atoms with Crippen molar-refractivity contribution in [1.82, 2.24) is 20.0 Å². The van der Waals surface area contributed by atoms with Gasteiger partial charge in [0.15, 0.2) is 17.1 Å². The zero-order valence-corrected chi connectivity index (χ0v) is 24.1. The molecule has 13 heteroatoms. The standard InChI is InChI=1S/C27H43N5O8/c1-6-7-10-19(33)23(37)22(16(2)3)32-11-8-9-18(32)24(38)29-25(39)27(28,17(4)5)20(34)14-30-12-13-31(26(30)40)15-21(35)36/h16-18,22H,6-15,28H2,1-5H3,(H,35,36)(H,29,38,39)/t18-,22-,27+/m0/s1. The van der Waals surface area contributed by atoms with E-state index < -0.39 is 77.8 Å². The first-order valence-electron chi connectivity index (χ1n) is 13.9. The lowest BCUT2D eigenvalue weighted by Crippen LogP contribution is -2.67. The number of carboxylic acid groups (broad SMARTS) is 1. The number of likely N-dealkylation sites (tertiary alicyclic amines) is 1. The molecule has 0 radical (unpaired) electrons. The van der Waals surface area contributed by atoms with E-state index in [0.717, 1.165) is 16.2 Å². The molecule has 4 N–H and O–H groups in total. The van der Waals surface area contributed by atoms with Gasteiger partial charge in [-0.15, -0.1) is 0 Å². The summed E-state index contributed by atoms with van der Waals surface area (Å²) in [7, 11) is 0. The molecule has 224 valence electrons. The number of hydrogen-bond acceptors (Lipinski definition) is 9. The molecule has 0 aromatic heterocycles. The van der Waals surface area contributed by atoms with Crippen molar-refractivity contribution in [3.8, 4) is 0 Å². The Morgan fingerprint density at radius 2 is 1.62 bits per heavy atom. The van der Waals surface area contributed by atoms with Crippen LogP contribution in [0.4, 0.5) is 4.79 Å². The highest BCUT2D eigenvalue weighted by Crippen LogP contribution is 2.26. The second-order valence-corrected chi connectivity index (χ2v) is 11.3. The maximum Gasteiger partial charge on any atom is 0.323 e. The number of carbonyl (C=O) groups excluding carboxylic acids is 6.